The number of morpholine rings is 1. The largest absolute Gasteiger partial charge is 0.360 e. The van der Waals surface area contributed by atoms with E-state index in [2.05, 4.69) is 0 Å². The lowest BCUT2D eigenvalue weighted by atomic mass is 10.1. The van der Waals surface area contributed by atoms with Gasteiger partial charge in [-0.25, -0.2) is 0 Å². The van der Waals surface area contributed by atoms with E-state index < -0.39 is 12.0 Å². The molecule has 0 aliphatic carbocycles. The van der Waals surface area contributed by atoms with Crippen molar-refractivity contribution in [3.63, 3.8) is 0 Å². The highest BCUT2D eigenvalue weighted by Gasteiger charge is 2.28. The molecule has 5 nitrogen and oxygen atoms in total. The Morgan fingerprint density at radius 3 is 2.93 bits per heavy atom. The summed E-state index contributed by atoms with van der Waals surface area (Å²) in [6, 6.07) is 3.93. The van der Waals surface area contributed by atoms with Crippen molar-refractivity contribution < 1.29 is 9.53 Å². The van der Waals surface area contributed by atoms with Gasteiger partial charge in [0.05, 0.1) is 25.3 Å². The van der Waals surface area contributed by atoms with Gasteiger partial charge in [-0.3, -0.25) is 4.79 Å². The number of amides is 1. The Morgan fingerprint density at radius 2 is 2.40 bits per heavy atom. The van der Waals surface area contributed by atoms with Crippen molar-refractivity contribution in [2.24, 2.45) is 5.92 Å². The number of carbonyl (C=O) groups excluding carboxylic acids is 1. The van der Waals surface area contributed by atoms with Crippen molar-refractivity contribution in [2.45, 2.75) is 19.4 Å². The second kappa shape index (κ2) is 5.33. The molecule has 0 saturated carbocycles. The Morgan fingerprint density at radius 1 is 1.67 bits per heavy atom. The van der Waals surface area contributed by atoms with Crippen molar-refractivity contribution in [1.82, 2.24) is 4.90 Å². The SMILES string of the molecule is CCC(C#N)C(=O)N1CCOC(C#N)C1. The number of nitriles is 2. The molecule has 1 saturated heterocycles. The number of carbonyl (C=O) groups is 1. The summed E-state index contributed by atoms with van der Waals surface area (Å²) in [5, 5.41) is 17.4. The Hall–Kier alpha value is -1.59. The van der Waals surface area contributed by atoms with Gasteiger partial charge >= 0.3 is 0 Å². The van der Waals surface area contributed by atoms with Crippen LogP contribution < -0.4 is 0 Å². The molecule has 0 spiro atoms. The van der Waals surface area contributed by atoms with E-state index >= 15 is 0 Å². The number of hydrogen-bond donors (Lipinski definition) is 0. The zero-order valence-corrected chi connectivity index (χ0v) is 8.64. The number of hydrogen-bond acceptors (Lipinski definition) is 4. The average molecular weight is 207 g/mol. The summed E-state index contributed by atoms with van der Waals surface area (Å²) in [6.45, 7) is 2.91. The zero-order valence-electron chi connectivity index (χ0n) is 8.64. The molecule has 5 heteroatoms. The molecule has 1 aliphatic rings. The van der Waals surface area contributed by atoms with Crippen LogP contribution >= 0.6 is 0 Å². The fourth-order valence-corrected chi connectivity index (χ4v) is 1.47. The molecule has 15 heavy (non-hydrogen) atoms. The summed E-state index contributed by atoms with van der Waals surface area (Å²) in [5.74, 6) is -0.786. The van der Waals surface area contributed by atoms with Gasteiger partial charge < -0.3 is 9.64 Å². The van der Waals surface area contributed by atoms with E-state index in [9.17, 15) is 4.79 Å². The first-order valence-electron chi connectivity index (χ1n) is 4.92. The third-order valence-corrected chi connectivity index (χ3v) is 2.38. The summed E-state index contributed by atoms with van der Waals surface area (Å²) < 4.78 is 5.12. The smallest absolute Gasteiger partial charge is 0.240 e. The Bertz CT molecular complexity index is 316. The van der Waals surface area contributed by atoms with Crippen LogP contribution in [0.1, 0.15) is 13.3 Å². The molecule has 2 unspecified atom stereocenters. The third kappa shape index (κ3) is 2.68. The van der Waals surface area contributed by atoms with E-state index in [4.69, 9.17) is 15.3 Å². The summed E-state index contributed by atoms with van der Waals surface area (Å²) in [5.41, 5.74) is 0. The van der Waals surface area contributed by atoms with Gasteiger partial charge in [0.1, 0.15) is 5.92 Å². The molecule has 0 aromatic carbocycles. The summed E-state index contributed by atoms with van der Waals surface area (Å²) in [6.07, 6.45) is -0.0527. The van der Waals surface area contributed by atoms with Crippen LogP contribution in [0.4, 0.5) is 0 Å². The van der Waals surface area contributed by atoms with Crippen LogP contribution in [0, 0.1) is 28.6 Å². The van der Waals surface area contributed by atoms with E-state index in [1.807, 2.05) is 12.1 Å². The Kier molecular flexibility index (Phi) is 4.08. The van der Waals surface area contributed by atoms with Crippen LogP contribution in [0.15, 0.2) is 0 Å². The van der Waals surface area contributed by atoms with Gasteiger partial charge in [0, 0.05) is 6.54 Å². The Labute approximate surface area is 88.8 Å². The van der Waals surface area contributed by atoms with Gasteiger partial charge in [-0.1, -0.05) is 6.92 Å². The lowest BCUT2D eigenvalue weighted by molar-refractivity contribution is -0.139. The standard InChI is InChI=1S/C10H13N3O2/c1-2-8(5-11)10(14)13-3-4-15-9(6-12)7-13/h8-9H,2-4,7H2,1H3. The topological polar surface area (TPSA) is 77.1 Å². The predicted octanol–water partition coefficient (Wildman–Crippen LogP) is 0.287. The molecular weight excluding hydrogens is 194 g/mol. The van der Waals surface area contributed by atoms with Crippen molar-refractivity contribution in [2.75, 3.05) is 19.7 Å². The van der Waals surface area contributed by atoms with Crippen molar-refractivity contribution in [3.05, 3.63) is 0 Å². The van der Waals surface area contributed by atoms with Crippen LogP contribution in [0.2, 0.25) is 0 Å². The highest BCUT2D eigenvalue weighted by atomic mass is 16.5. The Balaban J connectivity index is 2.61. The predicted molar refractivity (Wildman–Crippen MR) is 51.3 cm³/mol. The van der Waals surface area contributed by atoms with Crippen molar-refractivity contribution in [3.8, 4) is 12.1 Å². The molecule has 0 bridgehead atoms. The number of nitrogens with zero attached hydrogens (tertiary/aromatic N) is 3. The fraction of sp³-hybridized carbons (Fsp3) is 0.700. The van der Waals surface area contributed by atoms with Gasteiger partial charge in [0.2, 0.25) is 5.91 Å². The fourth-order valence-electron chi connectivity index (χ4n) is 1.47. The van der Waals surface area contributed by atoms with Crippen molar-refractivity contribution in [1.29, 1.82) is 10.5 Å². The monoisotopic (exact) mass is 207 g/mol. The first kappa shape index (κ1) is 11.5. The quantitative estimate of drug-likeness (QED) is 0.652. The van der Waals surface area contributed by atoms with E-state index in [-0.39, 0.29) is 12.5 Å². The average Bonchev–Trinajstić information content (AvgIpc) is 2.30. The second-order valence-electron chi connectivity index (χ2n) is 3.36. The minimum Gasteiger partial charge on any atom is -0.360 e. The van der Waals surface area contributed by atoms with Crippen LogP contribution in [0.3, 0.4) is 0 Å². The summed E-state index contributed by atoms with van der Waals surface area (Å²) in [7, 11) is 0. The molecule has 1 amide bonds. The van der Waals surface area contributed by atoms with Gasteiger partial charge in [-0.2, -0.15) is 10.5 Å². The first-order chi connectivity index (χ1) is 7.22. The molecule has 1 heterocycles. The van der Waals surface area contributed by atoms with Gasteiger partial charge in [0.15, 0.2) is 6.10 Å². The van der Waals surface area contributed by atoms with Crippen LogP contribution in [0.25, 0.3) is 0 Å². The molecular formula is C10H13N3O2. The van der Waals surface area contributed by atoms with Crippen molar-refractivity contribution >= 4 is 5.91 Å². The maximum absolute atomic E-state index is 11.8. The first-order valence-corrected chi connectivity index (χ1v) is 4.92. The van der Waals surface area contributed by atoms with Gasteiger partial charge in [-0.05, 0) is 6.42 Å². The number of rotatable bonds is 2. The summed E-state index contributed by atoms with van der Waals surface area (Å²) in [4.78, 5) is 13.3. The molecule has 1 aliphatic heterocycles. The molecule has 0 aromatic rings. The normalized spacial score (nSPS) is 22.6. The van der Waals surface area contributed by atoms with E-state index in [0.29, 0.717) is 19.6 Å². The molecule has 80 valence electrons. The molecule has 0 aromatic heterocycles. The minimum atomic E-state index is -0.595. The molecule has 1 rings (SSSR count). The molecule has 0 radical (unpaired) electrons. The second-order valence-corrected chi connectivity index (χ2v) is 3.36. The lowest BCUT2D eigenvalue weighted by Gasteiger charge is -2.30. The third-order valence-electron chi connectivity index (χ3n) is 2.38. The van der Waals surface area contributed by atoms with E-state index in [1.54, 1.807) is 6.92 Å². The highest BCUT2D eigenvalue weighted by molar-refractivity contribution is 5.81. The maximum atomic E-state index is 11.8. The highest BCUT2D eigenvalue weighted by Crippen LogP contribution is 2.11. The van der Waals surface area contributed by atoms with E-state index in [0.717, 1.165) is 0 Å². The molecule has 0 N–H and O–H groups in total. The maximum Gasteiger partial charge on any atom is 0.240 e. The van der Waals surface area contributed by atoms with Crippen LogP contribution in [-0.4, -0.2) is 36.6 Å². The zero-order chi connectivity index (χ0) is 11.3. The van der Waals surface area contributed by atoms with Crippen LogP contribution in [-0.2, 0) is 9.53 Å². The number of ether oxygens (including phenoxy) is 1. The lowest BCUT2D eigenvalue weighted by Crippen LogP contribution is -2.47. The summed E-state index contributed by atoms with van der Waals surface area (Å²) >= 11 is 0. The molecule has 1 fully saturated rings. The van der Waals surface area contributed by atoms with Gasteiger partial charge in [0.25, 0.3) is 0 Å². The van der Waals surface area contributed by atoms with Crippen LogP contribution in [0.5, 0.6) is 0 Å². The minimum absolute atomic E-state index is 0.191. The molecule has 2 atom stereocenters. The van der Waals surface area contributed by atoms with Gasteiger partial charge in [-0.15, -0.1) is 0 Å². The van der Waals surface area contributed by atoms with E-state index in [1.165, 1.54) is 4.90 Å².